The van der Waals surface area contributed by atoms with Crippen LogP contribution in [-0.4, -0.2) is 17.7 Å². The molecule has 2 N–H and O–H groups in total. The molecule has 5 nitrogen and oxygen atoms in total. The number of piperidine rings is 1. The molecule has 0 saturated carbocycles. The molecule has 1 fully saturated rings. The smallest absolute Gasteiger partial charge is 0.234 e. The third-order valence-electron chi connectivity index (χ3n) is 5.20. The topological polar surface area (TPSA) is 75.3 Å². The van der Waals surface area contributed by atoms with Crippen molar-refractivity contribution in [3.8, 4) is 0 Å². The summed E-state index contributed by atoms with van der Waals surface area (Å²) in [7, 11) is 0. The Morgan fingerprint density at radius 1 is 1.18 bits per heavy atom. The monoisotopic (exact) mass is 398 g/mol. The van der Waals surface area contributed by atoms with Gasteiger partial charge in [0.15, 0.2) is 0 Å². The summed E-state index contributed by atoms with van der Waals surface area (Å²) in [4.78, 5) is 36.1. The summed E-state index contributed by atoms with van der Waals surface area (Å²) >= 11 is 6.39. The molecule has 2 aromatic carbocycles. The molecule has 28 heavy (non-hydrogen) atoms. The van der Waals surface area contributed by atoms with Crippen molar-refractivity contribution >= 4 is 29.3 Å². The second-order valence-electron chi connectivity index (χ2n) is 7.53. The molecule has 3 amide bonds. The van der Waals surface area contributed by atoms with E-state index in [-0.39, 0.29) is 17.7 Å². The van der Waals surface area contributed by atoms with Crippen LogP contribution in [0.25, 0.3) is 0 Å². The third kappa shape index (κ3) is 4.25. The molecule has 6 heteroatoms. The molecule has 1 unspecified atom stereocenters. The highest BCUT2D eigenvalue weighted by atomic mass is 35.5. The average molecular weight is 399 g/mol. The number of carbonyl (C=O) groups excluding carboxylic acids is 3. The summed E-state index contributed by atoms with van der Waals surface area (Å²) in [5.74, 6) is -1.07. The quantitative estimate of drug-likeness (QED) is 0.757. The van der Waals surface area contributed by atoms with Gasteiger partial charge in [0.2, 0.25) is 17.7 Å². The van der Waals surface area contributed by atoms with E-state index in [4.69, 9.17) is 11.6 Å². The van der Waals surface area contributed by atoms with Crippen molar-refractivity contribution in [1.29, 1.82) is 0 Å². The molecule has 0 aliphatic carbocycles. The maximum Gasteiger partial charge on any atom is 0.234 e. The van der Waals surface area contributed by atoms with Crippen LogP contribution in [0.15, 0.2) is 48.5 Å². The highest BCUT2D eigenvalue weighted by molar-refractivity contribution is 6.31. The Hall–Kier alpha value is -2.66. The normalized spacial score (nSPS) is 17.2. The van der Waals surface area contributed by atoms with E-state index in [0.29, 0.717) is 30.0 Å². The van der Waals surface area contributed by atoms with Crippen LogP contribution in [0.5, 0.6) is 0 Å². The molecule has 0 bridgehead atoms. The Balaban J connectivity index is 1.67. The molecular weight excluding hydrogens is 376 g/mol. The first-order valence-corrected chi connectivity index (χ1v) is 9.62. The number of hydrogen-bond donors (Lipinski definition) is 2. The number of carbonyl (C=O) groups is 3. The van der Waals surface area contributed by atoms with Gasteiger partial charge in [-0.15, -0.1) is 0 Å². The highest BCUT2D eigenvalue weighted by Crippen LogP contribution is 2.31. The van der Waals surface area contributed by atoms with Gasteiger partial charge in [-0.2, -0.15) is 0 Å². The first-order valence-electron chi connectivity index (χ1n) is 9.25. The average Bonchev–Trinajstić information content (AvgIpc) is 2.67. The van der Waals surface area contributed by atoms with Crippen LogP contribution in [-0.2, 0) is 26.3 Å². The Bertz CT molecular complexity index is 909. The van der Waals surface area contributed by atoms with E-state index in [1.54, 1.807) is 12.1 Å². The predicted octanol–water partition coefficient (Wildman–Crippen LogP) is 3.45. The van der Waals surface area contributed by atoms with Gasteiger partial charge >= 0.3 is 0 Å². The number of rotatable bonds is 5. The van der Waals surface area contributed by atoms with Crippen molar-refractivity contribution in [2.24, 2.45) is 0 Å². The molecule has 0 radical (unpaired) electrons. The van der Waals surface area contributed by atoms with Gasteiger partial charge in [0.05, 0.1) is 11.3 Å². The lowest BCUT2D eigenvalue weighted by atomic mass is 9.83. The molecule has 0 aromatic heterocycles. The second kappa shape index (κ2) is 8.15. The molecular formula is C22H23ClN2O3. The van der Waals surface area contributed by atoms with Crippen molar-refractivity contribution in [3.05, 3.63) is 70.2 Å². The van der Waals surface area contributed by atoms with E-state index in [2.05, 4.69) is 10.6 Å². The Morgan fingerprint density at radius 2 is 1.89 bits per heavy atom. The number of amides is 3. The van der Waals surface area contributed by atoms with Gasteiger partial charge in [-0.1, -0.05) is 54.1 Å². The number of imide groups is 1. The van der Waals surface area contributed by atoms with Gasteiger partial charge in [-0.25, -0.2) is 0 Å². The number of hydrogen-bond acceptors (Lipinski definition) is 3. The summed E-state index contributed by atoms with van der Waals surface area (Å²) in [6.45, 7) is 4.11. The molecule has 2 aromatic rings. The minimum absolute atomic E-state index is 0.0796. The lowest BCUT2D eigenvalue weighted by Crippen LogP contribution is -2.40. The standard InChI is InChI=1S/C22H23ClN2O3/c1-22(2,15-6-4-3-5-7-15)21(28)24-13-14-8-9-16(18(23)12-14)17-10-11-19(26)25-20(17)27/h3-9,12,17H,10-11,13H2,1-2H3,(H,24,28)(H,25,26,27). The van der Waals surface area contributed by atoms with Gasteiger partial charge in [-0.3, -0.25) is 19.7 Å². The summed E-state index contributed by atoms with van der Waals surface area (Å²) in [5, 5.41) is 5.77. The SMILES string of the molecule is CC(C)(C(=O)NCc1ccc(C2CCC(=O)NC2=O)c(Cl)c1)c1ccccc1. The minimum atomic E-state index is -0.655. The zero-order valence-electron chi connectivity index (χ0n) is 15.9. The largest absolute Gasteiger partial charge is 0.351 e. The van der Waals surface area contributed by atoms with E-state index in [0.717, 1.165) is 11.1 Å². The third-order valence-corrected chi connectivity index (χ3v) is 5.52. The van der Waals surface area contributed by atoms with Crippen LogP contribution in [0.2, 0.25) is 5.02 Å². The fourth-order valence-electron chi connectivity index (χ4n) is 3.34. The van der Waals surface area contributed by atoms with Crippen molar-refractivity contribution in [2.45, 2.75) is 44.6 Å². The van der Waals surface area contributed by atoms with Crippen LogP contribution < -0.4 is 10.6 Å². The summed E-state index contributed by atoms with van der Waals surface area (Å²) in [5.41, 5.74) is 1.83. The van der Waals surface area contributed by atoms with Gasteiger partial charge in [0, 0.05) is 18.0 Å². The zero-order chi connectivity index (χ0) is 20.3. The lowest BCUT2D eigenvalue weighted by molar-refractivity contribution is -0.134. The Labute approximate surface area is 169 Å². The van der Waals surface area contributed by atoms with E-state index in [1.165, 1.54) is 0 Å². The van der Waals surface area contributed by atoms with E-state index >= 15 is 0 Å². The van der Waals surface area contributed by atoms with Crippen molar-refractivity contribution in [2.75, 3.05) is 0 Å². The van der Waals surface area contributed by atoms with E-state index in [9.17, 15) is 14.4 Å². The van der Waals surface area contributed by atoms with E-state index < -0.39 is 11.3 Å². The molecule has 1 aliphatic rings. The highest BCUT2D eigenvalue weighted by Gasteiger charge is 2.30. The van der Waals surface area contributed by atoms with Gasteiger partial charge in [0.25, 0.3) is 0 Å². The zero-order valence-corrected chi connectivity index (χ0v) is 16.7. The molecule has 1 atom stereocenters. The maximum atomic E-state index is 12.7. The molecule has 146 valence electrons. The van der Waals surface area contributed by atoms with Crippen molar-refractivity contribution in [1.82, 2.24) is 10.6 Å². The Kier molecular flexibility index (Phi) is 5.84. The number of benzene rings is 2. The second-order valence-corrected chi connectivity index (χ2v) is 7.94. The van der Waals surface area contributed by atoms with Crippen LogP contribution >= 0.6 is 11.6 Å². The first kappa shape index (κ1) is 20.1. The van der Waals surface area contributed by atoms with Crippen LogP contribution in [0.1, 0.15) is 49.3 Å². The molecule has 1 aliphatic heterocycles. The summed E-state index contributed by atoms with van der Waals surface area (Å²) in [6, 6.07) is 15.0. The minimum Gasteiger partial charge on any atom is -0.351 e. The number of halogens is 1. The fraction of sp³-hybridized carbons (Fsp3) is 0.318. The van der Waals surface area contributed by atoms with Gasteiger partial charge < -0.3 is 5.32 Å². The molecule has 1 saturated heterocycles. The van der Waals surface area contributed by atoms with Crippen LogP contribution in [0, 0.1) is 0 Å². The molecule has 0 spiro atoms. The number of nitrogens with one attached hydrogen (secondary N) is 2. The predicted molar refractivity (Wildman–Crippen MR) is 108 cm³/mol. The summed E-state index contributed by atoms with van der Waals surface area (Å²) in [6.07, 6.45) is 0.755. The van der Waals surface area contributed by atoms with Crippen LogP contribution in [0.4, 0.5) is 0 Å². The van der Waals surface area contributed by atoms with Crippen molar-refractivity contribution < 1.29 is 14.4 Å². The fourth-order valence-corrected chi connectivity index (χ4v) is 3.68. The lowest BCUT2D eigenvalue weighted by Gasteiger charge is -2.24. The van der Waals surface area contributed by atoms with Gasteiger partial charge in [-0.05, 0) is 43.0 Å². The Morgan fingerprint density at radius 3 is 2.54 bits per heavy atom. The first-order chi connectivity index (χ1) is 13.3. The van der Waals surface area contributed by atoms with E-state index in [1.807, 2.05) is 50.2 Å². The summed E-state index contributed by atoms with van der Waals surface area (Å²) < 4.78 is 0. The van der Waals surface area contributed by atoms with Crippen molar-refractivity contribution in [3.63, 3.8) is 0 Å². The van der Waals surface area contributed by atoms with Gasteiger partial charge in [0.1, 0.15) is 0 Å². The molecule has 1 heterocycles. The van der Waals surface area contributed by atoms with Crippen LogP contribution in [0.3, 0.4) is 0 Å². The molecule has 3 rings (SSSR count). The maximum absolute atomic E-state index is 12.7.